The minimum Gasteiger partial charge on any atom is -0.0654 e. The largest absolute Gasteiger partial charge is 0.0654 e. The molecule has 0 aliphatic carbocycles. The van der Waals surface area contributed by atoms with E-state index in [1.165, 1.54) is 59.2 Å². The summed E-state index contributed by atoms with van der Waals surface area (Å²) >= 11 is 0. The van der Waals surface area contributed by atoms with Crippen molar-refractivity contribution in [1.82, 2.24) is 0 Å². The maximum Gasteiger partial charge on any atom is -0.00142 e. The molecule has 3 rings (SSSR count). The number of aryl methyl sites for hydroxylation is 1. The molecule has 0 atom stereocenters. The zero-order valence-corrected chi connectivity index (χ0v) is 12.2. The molecule has 0 bridgehead atoms. The van der Waals surface area contributed by atoms with E-state index in [0.717, 1.165) is 0 Å². The molecular formula is C20H21. The lowest BCUT2D eigenvalue weighted by Gasteiger charge is -2.05. The molecule has 0 heteroatoms. The van der Waals surface area contributed by atoms with E-state index in [-0.39, 0.29) is 0 Å². The summed E-state index contributed by atoms with van der Waals surface area (Å²) in [6, 6.07) is 21.1. The lowest BCUT2D eigenvalue weighted by molar-refractivity contribution is 0.667. The number of unbranched alkanes of at least 4 members (excludes halogenated alkanes) is 3. The zero-order valence-electron chi connectivity index (χ0n) is 12.2. The van der Waals surface area contributed by atoms with Gasteiger partial charge in [0, 0.05) is 0 Å². The van der Waals surface area contributed by atoms with Crippen molar-refractivity contribution in [2.24, 2.45) is 0 Å². The van der Waals surface area contributed by atoms with Crippen molar-refractivity contribution in [3.63, 3.8) is 0 Å². The fraction of sp³-hybridized carbons (Fsp3) is 0.300. The van der Waals surface area contributed by atoms with Gasteiger partial charge in [0.25, 0.3) is 0 Å². The van der Waals surface area contributed by atoms with E-state index in [1.807, 2.05) is 0 Å². The van der Waals surface area contributed by atoms with E-state index >= 15 is 0 Å². The quantitative estimate of drug-likeness (QED) is 0.395. The first-order valence-electron chi connectivity index (χ1n) is 7.70. The minimum atomic E-state index is 1.19. The van der Waals surface area contributed by atoms with Crippen molar-refractivity contribution >= 4 is 21.5 Å². The maximum absolute atomic E-state index is 3.55. The predicted molar refractivity (Wildman–Crippen MR) is 88.1 cm³/mol. The van der Waals surface area contributed by atoms with Crippen LogP contribution in [0.1, 0.15) is 38.2 Å². The molecule has 0 aliphatic rings. The minimum absolute atomic E-state index is 1.19. The Labute approximate surface area is 121 Å². The summed E-state index contributed by atoms with van der Waals surface area (Å²) in [4.78, 5) is 0. The molecule has 20 heavy (non-hydrogen) atoms. The van der Waals surface area contributed by atoms with Gasteiger partial charge >= 0.3 is 0 Å². The molecular weight excluding hydrogens is 240 g/mol. The number of rotatable bonds is 5. The van der Waals surface area contributed by atoms with Gasteiger partial charge in [0.2, 0.25) is 0 Å². The molecule has 0 aliphatic heterocycles. The Kier molecular flexibility index (Phi) is 4.01. The van der Waals surface area contributed by atoms with Crippen LogP contribution >= 0.6 is 0 Å². The molecule has 0 fully saturated rings. The third-order valence-electron chi connectivity index (χ3n) is 3.98. The van der Waals surface area contributed by atoms with Gasteiger partial charge < -0.3 is 0 Å². The van der Waals surface area contributed by atoms with Crippen LogP contribution in [0, 0.1) is 6.07 Å². The molecule has 0 unspecified atom stereocenters. The molecule has 0 aromatic heterocycles. The molecule has 0 amide bonds. The first-order chi connectivity index (χ1) is 9.86. The fourth-order valence-corrected chi connectivity index (χ4v) is 2.80. The lowest BCUT2D eigenvalue weighted by atomic mass is 9.99. The van der Waals surface area contributed by atoms with E-state index in [1.54, 1.807) is 0 Å². The SMILES string of the molecule is CCCCCCc1ccc2cc3ccccc3[c]c2c1. The van der Waals surface area contributed by atoms with Gasteiger partial charge in [0.15, 0.2) is 0 Å². The number of hydrogen-bond donors (Lipinski definition) is 0. The fourth-order valence-electron chi connectivity index (χ4n) is 2.80. The lowest BCUT2D eigenvalue weighted by Crippen LogP contribution is -1.86. The standard InChI is InChI=1S/C20H21/c1-2-3-4-5-8-16-11-12-19-14-17-9-6-7-10-18(17)15-20(19)13-16/h6-7,9-14H,2-5,8H2,1H3. The molecule has 3 aromatic carbocycles. The maximum atomic E-state index is 3.55. The Morgan fingerprint density at radius 1 is 0.800 bits per heavy atom. The van der Waals surface area contributed by atoms with E-state index in [0.29, 0.717) is 0 Å². The first-order valence-corrected chi connectivity index (χ1v) is 7.70. The monoisotopic (exact) mass is 261 g/mol. The van der Waals surface area contributed by atoms with E-state index < -0.39 is 0 Å². The first kappa shape index (κ1) is 13.2. The van der Waals surface area contributed by atoms with E-state index in [4.69, 9.17) is 0 Å². The summed E-state index contributed by atoms with van der Waals surface area (Å²) in [5.41, 5.74) is 1.44. The van der Waals surface area contributed by atoms with Gasteiger partial charge in [-0.3, -0.25) is 0 Å². The second-order valence-electron chi connectivity index (χ2n) is 5.59. The van der Waals surface area contributed by atoms with Crippen molar-refractivity contribution in [1.29, 1.82) is 0 Å². The van der Waals surface area contributed by atoms with Crippen LogP contribution in [0.4, 0.5) is 0 Å². The van der Waals surface area contributed by atoms with E-state index in [2.05, 4.69) is 61.5 Å². The van der Waals surface area contributed by atoms with E-state index in [9.17, 15) is 0 Å². The summed E-state index contributed by atoms with van der Waals surface area (Å²) in [6.45, 7) is 2.26. The highest BCUT2D eigenvalue weighted by molar-refractivity contribution is 5.97. The summed E-state index contributed by atoms with van der Waals surface area (Å²) in [5, 5.41) is 5.02. The third kappa shape index (κ3) is 2.85. The Morgan fingerprint density at radius 3 is 2.55 bits per heavy atom. The highest BCUT2D eigenvalue weighted by Crippen LogP contribution is 2.23. The van der Waals surface area contributed by atoms with Crippen LogP contribution in [0.15, 0.2) is 48.5 Å². The molecule has 101 valence electrons. The molecule has 0 saturated carbocycles. The Balaban J connectivity index is 1.88. The molecule has 0 saturated heterocycles. The topological polar surface area (TPSA) is 0 Å². The summed E-state index contributed by atoms with van der Waals surface area (Å²) < 4.78 is 0. The van der Waals surface area contributed by atoms with Gasteiger partial charge in [-0.15, -0.1) is 0 Å². The van der Waals surface area contributed by atoms with Gasteiger partial charge in [-0.2, -0.15) is 0 Å². The number of benzene rings is 3. The van der Waals surface area contributed by atoms with Crippen LogP contribution < -0.4 is 0 Å². The van der Waals surface area contributed by atoms with Gasteiger partial charge in [-0.25, -0.2) is 0 Å². The van der Waals surface area contributed by atoms with Crippen LogP contribution in [0.3, 0.4) is 0 Å². The summed E-state index contributed by atoms with van der Waals surface area (Å²) in [5.74, 6) is 0. The van der Waals surface area contributed by atoms with Gasteiger partial charge in [-0.1, -0.05) is 68.7 Å². The van der Waals surface area contributed by atoms with Crippen LogP contribution in [-0.2, 0) is 6.42 Å². The number of hydrogen-bond acceptors (Lipinski definition) is 0. The van der Waals surface area contributed by atoms with Crippen LogP contribution in [0.25, 0.3) is 21.5 Å². The second-order valence-corrected chi connectivity index (χ2v) is 5.59. The van der Waals surface area contributed by atoms with Crippen molar-refractivity contribution in [3.05, 3.63) is 60.2 Å². The van der Waals surface area contributed by atoms with Crippen molar-refractivity contribution in [2.75, 3.05) is 0 Å². The highest BCUT2D eigenvalue weighted by atomic mass is 14.0. The van der Waals surface area contributed by atoms with Gasteiger partial charge in [-0.05, 0) is 52.1 Å². The average molecular weight is 261 g/mol. The summed E-state index contributed by atoms with van der Waals surface area (Å²) in [7, 11) is 0. The molecule has 3 aromatic rings. The zero-order chi connectivity index (χ0) is 13.8. The Morgan fingerprint density at radius 2 is 1.65 bits per heavy atom. The van der Waals surface area contributed by atoms with Crippen LogP contribution in [0.5, 0.6) is 0 Å². The van der Waals surface area contributed by atoms with Gasteiger partial charge in [0.05, 0.1) is 0 Å². The molecule has 0 nitrogen and oxygen atoms in total. The molecule has 1 radical (unpaired) electrons. The Bertz CT molecular complexity index is 709. The smallest absolute Gasteiger partial charge is 0.00142 e. The molecule has 0 heterocycles. The van der Waals surface area contributed by atoms with Crippen molar-refractivity contribution in [3.8, 4) is 0 Å². The molecule has 0 N–H and O–H groups in total. The van der Waals surface area contributed by atoms with Gasteiger partial charge in [0.1, 0.15) is 0 Å². The van der Waals surface area contributed by atoms with Crippen LogP contribution in [0.2, 0.25) is 0 Å². The van der Waals surface area contributed by atoms with Crippen LogP contribution in [-0.4, -0.2) is 0 Å². The van der Waals surface area contributed by atoms with Crippen molar-refractivity contribution in [2.45, 2.75) is 39.0 Å². The average Bonchev–Trinajstić information content (AvgIpc) is 2.49. The van der Waals surface area contributed by atoms with Crippen molar-refractivity contribution < 1.29 is 0 Å². The third-order valence-corrected chi connectivity index (χ3v) is 3.98. The number of fused-ring (bicyclic) bond motifs is 2. The highest BCUT2D eigenvalue weighted by Gasteiger charge is 2.00. The molecule has 0 spiro atoms. The normalized spacial score (nSPS) is 11.2. The Hall–Kier alpha value is -1.82. The summed E-state index contributed by atoms with van der Waals surface area (Å²) in [6.07, 6.45) is 6.49. The second kappa shape index (κ2) is 6.09. The predicted octanol–water partition coefficient (Wildman–Crippen LogP) is 5.92.